The monoisotopic (exact) mass is 212 g/mol. The van der Waals surface area contributed by atoms with Gasteiger partial charge in [0.25, 0.3) is 0 Å². The Kier molecular flexibility index (Phi) is 3.25. The van der Waals surface area contributed by atoms with Crippen LogP contribution in [0.25, 0.3) is 0 Å². The fraction of sp³-hybridized carbons (Fsp3) is 0.200. The van der Waals surface area contributed by atoms with Crippen LogP contribution in [-0.2, 0) is 4.79 Å². The molecule has 14 heavy (non-hydrogen) atoms. The van der Waals surface area contributed by atoms with Gasteiger partial charge in [-0.15, -0.1) is 0 Å². The molecule has 0 N–H and O–H groups in total. The van der Waals surface area contributed by atoms with E-state index in [2.05, 4.69) is 0 Å². The molecular weight excluding hydrogens is 204 g/mol. The molecule has 0 unspecified atom stereocenters. The van der Waals surface area contributed by atoms with E-state index in [1.807, 2.05) is 0 Å². The first-order valence-corrected chi connectivity index (χ1v) is 4.37. The van der Waals surface area contributed by atoms with Crippen molar-refractivity contribution in [2.45, 2.75) is 13.8 Å². The lowest BCUT2D eigenvalue weighted by molar-refractivity contribution is -0.131. The van der Waals surface area contributed by atoms with Gasteiger partial charge < -0.3 is 4.74 Å². The van der Waals surface area contributed by atoms with E-state index in [0.29, 0.717) is 10.6 Å². The molecule has 3 nitrogen and oxygen atoms in total. The lowest BCUT2D eigenvalue weighted by atomic mass is 10.1. The Labute approximate surface area is 86.6 Å². The minimum absolute atomic E-state index is 0.191. The van der Waals surface area contributed by atoms with Crippen molar-refractivity contribution in [1.29, 1.82) is 0 Å². The molecule has 0 fully saturated rings. The Morgan fingerprint density at radius 3 is 2.43 bits per heavy atom. The van der Waals surface area contributed by atoms with E-state index in [4.69, 9.17) is 16.3 Å². The molecular formula is C10H9ClO3. The highest BCUT2D eigenvalue weighted by Gasteiger charge is 2.10. The van der Waals surface area contributed by atoms with Crippen molar-refractivity contribution in [2.24, 2.45) is 0 Å². The summed E-state index contributed by atoms with van der Waals surface area (Å²) in [6, 6.07) is 4.54. The maximum Gasteiger partial charge on any atom is 0.308 e. The van der Waals surface area contributed by atoms with Crippen molar-refractivity contribution in [3.05, 3.63) is 28.8 Å². The normalized spacial score (nSPS) is 9.64. The van der Waals surface area contributed by atoms with Gasteiger partial charge in [0.1, 0.15) is 5.75 Å². The van der Waals surface area contributed by atoms with Crippen molar-refractivity contribution in [3.8, 4) is 5.75 Å². The maximum atomic E-state index is 11.1. The number of Topliss-reactive ketones (excluding diaryl/α,β-unsaturated/α-hetero) is 1. The van der Waals surface area contributed by atoms with Crippen molar-refractivity contribution in [1.82, 2.24) is 0 Å². The summed E-state index contributed by atoms with van der Waals surface area (Å²) < 4.78 is 4.84. The number of rotatable bonds is 2. The molecule has 74 valence electrons. The van der Waals surface area contributed by atoms with Crippen LogP contribution in [0, 0.1) is 0 Å². The molecule has 0 amide bonds. The highest BCUT2D eigenvalue weighted by molar-refractivity contribution is 6.31. The minimum atomic E-state index is -0.463. The number of ketones is 1. The number of halogens is 1. The second kappa shape index (κ2) is 4.24. The zero-order chi connectivity index (χ0) is 10.7. The Hall–Kier alpha value is -1.35. The summed E-state index contributed by atoms with van der Waals surface area (Å²) in [4.78, 5) is 21.9. The number of hydrogen-bond acceptors (Lipinski definition) is 3. The molecule has 0 spiro atoms. The van der Waals surface area contributed by atoms with Gasteiger partial charge in [-0.3, -0.25) is 9.59 Å². The van der Waals surface area contributed by atoms with Crippen LogP contribution in [0.1, 0.15) is 24.2 Å². The van der Waals surface area contributed by atoms with Gasteiger partial charge in [-0.05, 0) is 25.1 Å². The SMILES string of the molecule is CC(=O)Oc1ccc(Cl)cc1C(C)=O. The van der Waals surface area contributed by atoms with Crippen molar-refractivity contribution < 1.29 is 14.3 Å². The molecule has 0 aromatic heterocycles. The predicted molar refractivity (Wildman–Crippen MR) is 52.8 cm³/mol. The molecule has 0 atom stereocenters. The van der Waals surface area contributed by atoms with Crippen LogP contribution in [0.4, 0.5) is 0 Å². The lowest BCUT2D eigenvalue weighted by Gasteiger charge is -2.06. The van der Waals surface area contributed by atoms with Crippen LogP contribution in [0.2, 0.25) is 5.02 Å². The fourth-order valence-corrected chi connectivity index (χ4v) is 1.19. The molecule has 1 aromatic carbocycles. The quantitative estimate of drug-likeness (QED) is 0.430. The van der Waals surface area contributed by atoms with Gasteiger partial charge >= 0.3 is 5.97 Å². The maximum absolute atomic E-state index is 11.1. The molecule has 0 aliphatic rings. The second-order valence-corrected chi connectivity index (χ2v) is 3.23. The zero-order valence-electron chi connectivity index (χ0n) is 7.83. The van der Waals surface area contributed by atoms with Crippen LogP contribution in [0.15, 0.2) is 18.2 Å². The Morgan fingerprint density at radius 1 is 1.29 bits per heavy atom. The molecule has 0 aliphatic heterocycles. The summed E-state index contributed by atoms with van der Waals surface area (Å²) in [5.41, 5.74) is 0.313. The molecule has 1 rings (SSSR count). The van der Waals surface area contributed by atoms with E-state index < -0.39 is 5.97 Å². The number of ether oxygens (including phenoxy) is 1. The van der Waals surface area contributed by atoms with E-state index in [-0.39, 0.29) is 11.5 Å². The summed E-state index contributed by atoms with van der Waals surface area (Å²) in [5.74, 6) is -0.409. The number of hydrogen-bond donors (Lipinski definition) is 0. The highest BCUT2D eigenvalue weighted by Crippen LogP contribution is 2.23. The molecule has 0 saturated carbocycles. The fourth-order valence-electron chi connectivity index (χ4n) is 1.02. The average Bonchev–Trinajstić information content (AvgIpc) is 2.07. The van der Waals surface area contributed by atoms with Crippen LogP contribution >= 0.6 is 11.6 Å². The van der Waals surface area contributed by atoms with Gasteiger partial charge in [0.15, 0.2) is 5.78 Å². The summed E-state index contributed by atoms with van der Waals surface area (Å²) >= 11 is 5.70. The summed E-state index contributed by atoms with van der Waals surface area (Å²) in [7, 11) is 0. The smallest absolute Gasteiger partial charge is 0.308 e. The summed E-state index contributed by atoms with van der Waals surface area (Å²) in [5, 5.41) is 0.436. The topological polar surface area (TPSA) is 43.4 Å². The number of esters is 1. The number of carbonyl (C=O) groups is 2. The molecule has 0 radical (unpaired) electrons. The van der Waals surface area contributed by atoms with Crippen molar-refractivity contribution >= 4 is 23.4 Å². The summed E-state index contributed by atoms with van der Waals surface area (Å²) in [6.45, 7) is 2.66. The van der Waals surface area contributed by atoms with E-state index in [1.165, 1.54) is 26.0 Å². The number of carbonyl (C=O) groups excluding carboxylic acids is 2. The van der Waals surface area contributed by atoms with Crippen molar-refractivity contribution in [2.75, 3.05) is 0 Å². The molecule has 1 aromatic rings. The van der Waals surface area contributed by atoms with E-state index in [9.17, 15) is 9.59 Å². The third kappa shape index (κ3) is 2.57. The first kappa shape index (κ1) is 10.7. The summed E-state index contributed by atoms with van der Waals surface area (Å²) in [6.07, 6.45) is 0. The van der Waals surface area contributed by atoms with Crippen LogP contribution in [0.5, 0.6) is 5.75 Å². The standard InChI is InChI=1S/C10H9ClO3/c1-6(12)9-5-8(11)3-4-10(9)14-7(2)13/h3-5H,1-2H3. The van der Waals surface area contributed by atoms with E-state index >= 15 is 0 Å². The third-order valence-corrected chi connectivity index (χ3v) is 1.81. The van der Waals surface area contributed by atoms with Gasteiger partial charge in [-0.2, -0.15) is 0 Å². The third-order valence-electron chi connectivity index (χ3n) is 1.57. The Morgan fingerprint density at radius 2 is 1.93 bits per heavy atom. The van der Waals surface area contributed by atoms with Gasteiger partial charge in [0.2, 0.25) is 0 Å². The van der Waals surface area contributed by atoms with Crippen LogP contribution in [-0.4, -0.2) is 11.8 Å². The van der Waals surface area contributed by atoms with Crippen molar-refractivity contribution in [3.63, 3.8) is 0 Å². The predicted octanol–water partition coefficient (Wildman–Crippen LogP) is 2.47. The Balaban J connectivity index is 3.14. The first-order chi connectivity index (χ1) is 6.50. The Bertz CT molecular complexity index is 385. The largest absolute Gasteiger partial charge is 0.426 e. The lowest BCUT2D eigenvalue weighted by Crippen LogP contribution is -2.05. The van der Waals surface area contributed by atoms with Gasteiger partial charge in [-0.25, -0.2) is 0 Å². The first-order valence-electron chi connectivity index (χ1n) is 3.99. The minimum Gasteiger partial charge on any atom is -0.426 e. The van der Waals surface area contributed by atoms with Gasteiger partial charge in [0, 0.05) is 11.9 Å². The second-order valence-electron chi connectivity index (χ2n) is 2.79. The molecule has 4 heteroatoms. The molecule has 0 bridgehead atoms. The average molecular weight is 213 g/mol. The molecule has 0 heterocycles. The molecule has 0 saturated heterocycles. The highest BCUT2D eigenvalue weighted by atomic mass is 35.5. The van der Waals surface area contributed by atoms with Gasteiger partial charge in [0.05, 0.1) is 5.56 Å². The van der Waals surface area contributed by atoms with E-state index in [0.717, 1.165) is 0 Å². The van der Waals surface area contributed by atoms with Crippen LogP contribution < -0.4 is 4.74 Å². The molecule has 0 aliphatic carbocycles. The van der Waals surface area contributed by atoms with Crippen LogP contribution in [0.3, 0.4) is 0 Å². The zero-order valence-corrected chi connectivity index (χ0v) is 8.59. The van der Waals surface area contributed by atoms with Gasteiger partial charge in [-0.1, -0.05) is 11.6 Å². The van der Waals surface area contributed by atoms with E-state index in [1.54, 1.807) is 6.07 Å². The number of benzene rings is 1.